The van der Waals surface area contributed by atoms with Crippen molar-refractivity contribution >= 4 is 75.0 Å². The fourth-order valence-corrected chi connectivity index (χ4v) is 3.54. The molecule has 2 aromatic carbocycles. The van der Waals surface area contributed by atoms with Crippen molar-refractivity contribution < 1.29 is 18.7 Å². The van der Waals surface area contributed by atoms with Gasteiger partial charge in [0.1, 0.15) is 40.1 Å². The molecule has 4 N–H and O–H groups in total. The maximum atomic E-state index is 15.0. The molecular formula is C19H19B3ClFN4O3S. The molecule has 0 spiro atoms. The highest BCUT2D eigenvalue weighted by molar-refractivity contribution is 7.80. The van der Waals surface area contributed by atoms with Gasteiger partial charge in [0.15, 0.2) is 16.7 Å². The van der Waals surface area contributed by atoms with E-state index in [0.29, 0.717) is 21.7 Å². The Hall–Kier alpha value is -2.98. The summed E-state index contributed by atoms with van der Waals surface area (Å²) in [6.45, 7) is 0. The first kappa shape index (κ1) is 23.7. The number of halogens is 2. The van der Waals surface area contributed by atoms with Gasteiger partial charge in [0, 0.05) is 17.6 Å². The van der Waals surface area contributed by atoms with Gasteiger partial charge in [-0.05, 0) is 41.7 Å². The number of primary amides is 1. The van der Waals surface area contributed by atoms with Gasteiger partial charge in [0.2, 0.25) is 0 Å². The minimum atomic E-state index is -0.774. The topological polar surface area (TPSA) is 98.5 Å². The first-order valence-corrected chi connectivity index (χ1v) is 10.3. The normalized spacial score (nSPS) is 11.1. The number of hydrogen-bond acceptors (Lipinski definition) is 5. The first-order chi connectivity index (χ1) is 15.0. The molecule has 1 aromatic heterocycles. The zero-order chi connectivity index (χ0) is 23.6. The smallest absolute Gasteiger partial charge is 0.252 e. The number of nitrogens with one attached hydrogen (secondary N) is 2. The van der Waals surface area contributed by atoms with Gasteiger partial charge in [-0.2, -0.15) is 0 Å². The van der Waals surface area contributed by atoms with E-state index in [1.54, 1.807) is 18.2 Å². The largest absolute Gasteiger partial charge is 0.496 e. The highest BCUT2D eigenvalue weighted by atomic mass is 35.5. The van der Waals surface area contributed by atoms with Crippen LogP contribution < -0.4 is 25.8 Å². The second-order valence-corrected chi connectivity index (χ2v) is 8.70. The van der Waals surface area contributed by atoms with E-state index in [9.17, 15) is 9.18 Å². The van der Waals surface area contributed by atoms with Crippen molar-refractivity contribution in [2.24, 2.45) is 5.73 Å². The maximum absolute atomic E-state index is 15.0. The number of methoxy groups -OCH3 is 1. The van der Waals surface area contributed by atoms with Crippen molar-refractivity contribution in [2.45, 2.75) is 5.24 Å². The molecule has 0 aliphatic carbocycles. The van der Waals surface area contributed by atoms with Gasteiger partial charge < -0.3 is 25.8 Å². The van der Waals surface area contributed by atoms with Gasteiger partial charge in [-0.15, -0.1) is 0 Å². The van der Waals surface area contributed by atoms with Crippen LogP contribution in [0.15, 0.2) is 36.5 Å². The van der Waals surface area contributed by atoms with Crippen LogP contribution in [0.25, 0.3) is 10.9 Å². The molecular weight excluding hydrogens is 451 g/mol. The molecule has 32 heavy (non-hydrogen) atoms. The molecule has 3 aromatic rings. The zero-order valence-electron chi connectivity index (χ0n) is 17.9. The van der Waals surface area contributed by atoms with E-state index < -0.39 is 11.7 Å². The molecule has 0 saturated heterocycles. The average Bonchev–Trinajstić information content (AvgIpc) is 2.71. The van der Waals surface area contributed by atoms with Crippen molar-refractivity contribution in [1.29, 1.82) is 0 Å². The molecule has 1 amide bonds. The lowest BCUT2D eigenvalue weighted by atomic mass is 9.49. The van der Waals surface area contributed by atoms with Crippen LogP contribution in [0.3, 0.4) is 0 Å². The number of benzene rings is 2. The number of nitrogens with zero attached hydrogens (tertiary/aromatic N) is 1. The summed E-state index contributed by atoms with van der Waals surface area (Å²) in [5.41, 5.74) is 6.36. The number of carbonyl (C=O) groups excluding carboxylic acids is 1. The molecule has 0 radical (unpaired) electrons. The highest BCUT2D eigenvalue weighted by Crippen LogP contribution is 2.37. The summed E-state index contributed by atoms with van der Waals surface area (Å²) in [7, 11) is 7.25. The van der Waals surface area contributed by atoms with Crippen molar-refractivity contribution in [2.75, 3.05) is 12.4 Å². The molecule has 0 bridgehead atoms. The third-order valence-corrected chi connectivity index (χ3v) is 4.87. The van der Waals surface area contributed by atoms with Gasteiger partial charge in [-0.25, -0.2) is 4.39 Å². The minimum absolute atomic E-state index is 0.112. The van der Waals surface area contributed by atoms with Crippen molar-refractivity contribution in [3.05, 3.63) is 52.9 Å². The van der Waals surface area contributed by atoms with E-state index in [1.807, 2.05) is 23.5 Å². The van der Waals surface area contributed by atoms with Gasteiger partial charge in [0.05, 0.1) is 23.9 Å². The fourth-order valence-electron chi connectivity index (χ4n) is 2.92. The van der Waals surface area contributed by atoms with Crippen LogP contribution in [0.1, 0.15) is 10.4 Å². The van der Waals surface area contributed by atoms with Crippen LogP contribution in [0.4, 0.5) is 10.1 Å². The van der Waals surface area contributed by atoms with E-state index in [-0.39, 0.29) is 33.1 Å². The highest BCUT2D eigenvalue weighted by Gasteiger charge is 2.19. The van der Waals surface area contributed by atoms with Crippen LogP contribution in [0.5, 0.6) is 17.2 Å². The fraction of sp³-hybridized carbons (Fsp3) is 0.105. The Morgan fingerprint density at radius 2 is 1.94 bits per heavy atom. The second-order valence-electron chi connectivity index (χ2n) is 7.91. The predicted molar refractivity (Wildman–Crippen MR) is 136 cm³/mol. The summed E-state index contributed by atoms with van der Waals surface area (Å²) in [5, 5.41) is 6.25. The van der Waals surface area contributed by atoms with Crippen molar-refractivity contribution in [3.8, 4) is 17.2 Å². The molecule has 0 atom stereocenters. The molecule has 0 unspecified atom stereocenters. The molecule has 1 heterocycles. The number of nitrogens with two attached hydrogens (primary N) is 1. The molecule has 0 aliphatic heterocycles. The summed E-state index contributed by atoms with van der Waals surface area (Å²) >= 11 is 11.5. The lowest BCUT2D eigenvalue weighted by molar-refractivity contribution is 0.0997. The molecule has 0 aliphatic rings. The van der Waals surface area contributed by atoms with Crippen molar-refractivity contribution in [1.82, 2.24) is 10.3 Å². The average molecular weight is 470 g/mol. The number of hydrogen-bond donors (Lipinski definition) is 3. The Labute approximate surface area is 197 Å². The lowest BCUT2D eigenvalue weighted by Gasteiger charge is -2.23. The summed E-state index contributed by atoms with van der Waals surface area (Å²) in [6, 6.07) is 7.57. The number of aromatic nitrogens is 1. The van der Waals surface area contributed by atoms with E-state index >= 15 is 0 Å². The monoisotopic (exact) mass is 470 g/mol. The Bertz CT molecular complexity index is 1230. The number of ether oxygens (including phenoxy) is 2. The van der Waals surface area contributed by atoms with Gasteiger partial charge >= 0.3 is 0 Å². The summed E-state index contributed by atoms with van der Waals surface area (Å²) < 4.78 is 26.0. The quantitative estimate of drug-likeness (QED) is 0.361. The summed E-state index contributed by atoms with van der Waals surface area (Å²) in [4.78, 5) is 16.0. The maximum Gasteiger partial charge on any atom is 0.252 e. The zero-order valence-corrected chi connectivity index (χ0v) is 19.5. The standard InChI is InChI=1S/C19H19B3ClFN4O3S/c1-30-14-7-11-8(6-9(14)17(25)29)12(4-5-26-11)31-13-3-2-10(15(23)16(13)24)27-18(32)28-19(20,21)22/h2-7H,20-22H2,1H3,(H2,25,29)(H2,27,28,32). The molecule has 13 heteroatoms. The molecule has 162 valence electrons. The number of carbonyl (C=O) groups is 1. The van der Waals surface area contributed by atoms with Gasteiger partial charge in [0.25, 0.3) is 5.91 Å². The SMILES string of the molecule is BC(B)(B)NC(=S)Nc1ccc(Oc2ccnc3cc(OC)c(C(N)=O)cc23)c(F)c1Cl. The van der Waals surface area contributed by atoms with E-state index in [1.165, 1.54) is 25.4 Å². The number of rotatable bonds is 6. The Morgan fingerprint density at radius 1 is 1.22 bits per heavy atom. The van der Waals surface area contributed by atoms with Crippen LogP contribution >= 0.6 is 23.8 Å². The molecule has 3 rings (SSSR count). The van der Waals surface area contributed by atoms with Crippen LogP contribution in [0, 0.1) is 5.82 Å². The van der Waals surface area contributed by atoms with E-state index in [4.69, 9.17) is 39.0 Å². The minimum Gasteiger partial charge on any atom is -0.496 e. The second kappa shape index (κ2) is 9.26. The lowest BCUT2D eigenvalue weighted by Crippen LogP contribution is -2.51. The molecule has 0 saturated carbocycles. The summed E-state index contributed by atoms with van der Waals surface area (Å²) in [6.07, 6.45) is 1.49. The van der Waals surface area contributed by atoms with Gasteiger partial charge in [-0.3, -0.25) is 9.78 Å². The number of pyridine rings is 1. The Kier molecular flexibility index (Phi) is 6.85. The Balaban J connectivity index is 1.95. The van der Waals surface area contributed by atoms with E-state index in [0.717, 1.165) is 0 Å². The first-order valence-electron chi connectivity index (χ1n) is 9.51. The van der Waals surface area contributed by atoms with Crippen LogP contribution in [-0.4, -0.2) is 51.9 Å². The number of fused-ring (bicyclic) bond motifs is 1. The Morgan fingerprint density at radius 3 is 2.56 bits per heavy atom. The van der Waals surface area contributed by atoms with Gasteiger partial charge in [-0.1, -0.05) is 11.6 Å². The van der Waals surface area contributed by atoms with E-state index in [2.05, 4.69) is 15.6 Å². The number of anilines is 1. The summed E-state index contributed by atoms with van der Waals surface area (Å²) in [5.74, 6) is -1.02. The van der Waals surface area contributed by atoms with Crippen LogP contribution in [-0.2, 0) is 0 Å². The molecule has 0 fully saturated rings. The van der Waals surface area contributed by atoms with Crippen LogP contribution in [0.2, 0.25) is 5.02 Å². The predicted octanol–water partition coefficient (Wildman–Crippen LogP) is 0.724. The van der Waals surface area contributed by atoms with Crippen molar-refractivity contribution in [3.63, 3.8) is 0 Å². The third-order valence-electron chi connectivity index (χ3n) is 4.29. The number of amides is 1. The molecule has 7 nitrogen and oxygen atoms in total. The third kappa shape index (κ3) is 5.25. The number of thiocarbonyl (C=S) groups is 1.